The Kier molecular flexibility index (Phi) is 5.64. The van der Waals surface area contributed by atoms with Crippen molar-refractivity contribution in [3.05, 3.63) is 71.8 Å². The van der Waals surface area contributed by atoms with Gasteiger partial charge in [-0.2, -0.15) is 0 Å². The van der Waals surface area contributed by atoms with Crippen molar-refractivity contribution in [2.24, 2.45) is 0 Å². The maximum Gasteiger partial charge on any atom is 0.321 e. The summed E-state index contributed by atoms with van der Waals surface area (Å²) in [5.74, 6) is 0. The highest BCUT2D eigenvalue weighted by Crippen LogP contribution is 2.31. The number of benzene rings is 2. The second-order valence-electron chi connectivity index (χ2n) is 8.05. The van der Waals surface area contributed by atoms with Crippen molar-refractivity contribution in [1.29, 1.82) is 0 Å². The first-order chi connectivity index (χ1) is 13.6. The molecular formula is C23H30N4O. The number of carbonyl (C=O) groups excluding carboxylic acids is 1. The molecule has 28 heavy (non-hydrogen) atoms. The van der Waals surface area contributed by atoms with E-state index in [-0.39, 0.29) is 18.1 Å². The first-order valence-electron chi connectivity index (χ1n) is 10.2. The molecule has 5 heteroatoms. The summed E-state index contributed by atoms with van der Waals surface area (Å²) < 4.78 is 0. The van der Waals surface area contributed by atoms with E-state index in [2.05, 4.69) is 82.2 Å². The smallest absolute Gasteiger partial charge is 0.315 e. The quantitative estimate of drug-likeness (QED) is 0.804. The average Bonchev–Trinajstić information content (AvgIpc) is 2.74. The maximum absolute atomic E-state index is 13.7. The molecule has 2 fully saturated rings. The van der Waals surface area contributed by atoms with E-state index in [1.165, 1.54) is 11.1 Å². The van der Waals surface area contributed by atoms with Crippen LogP contribution in [0.2, 0.25) is 0 Å². The number of likely N-dealkylation sites (N-methyl/N-ethyl adjacent to an activating group) is 2. The fraction of sp³-hybridized carbons (Fsp3) is 0.435. The molecular weight excluding hydrogens is 348 g/mol. The maximum atomic E-state index is 13.7. The Morgan fingerprint density at radius 3 is 1.46 bits per heavy atom. The van der Waals surface area contributed by atoms with Crippen LogP contribution >= 0.6 is 0 Å². The summed E-state index contributed by atoms with van der Waals surface area (Å²) in [5.41, 5.74) is 2.43. The van der Waals surface area contributed by atoms with Crippen LogP contribution in [0.3, 0.4) is 0 Å². The molecule has 2 saturated heterocycles. The van der Waals surface area contributed by atoms with Crippen LogP contribution in [-0.2, 0) is 0 Å². The van der Waals surface area contributed by atoms with Gasteiger partial charge in [-0.25, -0.2) is 4.79 Å². The molecule has 2 heterocycles. The first-order valence-corrected chi connectivity index (χ1v) is 10.2. The van der Waals surface area contributed by atoms with Crippen LogP contribution in [0.25, 0.3) is 0 Å². The molecule has 2 unspecified atom stereocenters. The summed E-state index contributed by atoms with van der Waals surface area (Å²) in [5, 5.41) is 0. The van der Waals surface area contributed by atoms with E-state index >= 15 is 0 Å². The zero-order valence-corrected chi connectivity index (χ0v) is 16.9. The Balaban J connectivity index is 1.62. The number of amides is 2. The van der Waals surface area contributed by atoms with Gasteiger partial charge in [-0.05, 0) is 25.2 Å². The van der Waals surface area contributed by atoms with Gasteiger partial charge in [0.2, 0.25) is 0 Å². The van der Waals surface area contributed by atoms with Crippen molar-refractivity contribution in [2.45, 2.75) is 12.1 Å². The Hall–Kier alpha value is -2.37. The lowest BCUT2D eigenvalue weighted by atomic mass is 10.0. The van der Waals surface area contributed by atoms with Crippen LogP contribution in [0.5, 0.6) is 0 Å². The van der Waals surface area contributed by atoms with Crippen molar-refractivity contribution >= 4 is 6.03 Å². The van der Waals surface area contributed by atoms with Crippen LogP contribution in [0.4, 0.5) is 4.79 Å². The molecule has 2 amide bonds. The normalized spacial score (nSPS) is 24.4. The Labute approximate surface area is 168 Å². The molecule has 0 N–H and O–H groups in total. The van der Waals surface area contributed by atoms with Gasteiger partial charge in [-0.15, -0.1) is 0 Å². The van der Waals surface area contributed by atoms with Crippen molar-refractivity contribution in [3.63, 3.8) is 0 Å². The number of rotatable bonds is 2. The predicted molar refractivity (Wildman–Crippen MR) is 112 cm³/mol. The van der Waals surface area contributed by atoms with Crippen molar-refractivity contribution in [1.82, 2.24) is 19.6 Å². The van der Waals surface area contributed by atoms with Crippen LogP contribution in [0.1, 0.15) is 23.2 Å². The molecule has 2 atom stereocenters. The molecule has 2 aliphatic heterocycles. The number of piperazine rings is 2. The summed E-state index contributed by atoms with van der Waals surface area (Å²) in [6.45, 7) is 5.11. The predicted octanol–water partition coefficient (Wildman–Crippen LogP) is 3.08. The van der Waals surface area contributed by atoms with Crippen molar-refractivity contribution in [3.8, 4) is 0 Å². The fourth-order valence-corrected chi connectivity index (χ4v) is 4.38. The molecule has 148 valence electrons. The second-order valence-corrected chi connectivity index (χ2v) is 8.05. The van der Waals surface area contributed by atoms with Gasteiger partial charge in [0.15, 0.2) is 0 Å². The Morgan fingerprint density at radius 2 is 1.07 bits per heavy atom. The molecule has 0 spiro atoms. The highest BCUT2D eigenvalue weighted by molar-refractivity contribution is 5.76. The molecule has 0 saturated carbocycles. The minimum atomic E-state index is 0.100. The van der Waals surface area contributed by atoms with Gasteiger partial charge in [0.05, 0.1) is 12.1 Å². The van der Waals surface area contributed by atoms with Gasteiger partial charge in [-0.3, -0.25) is 0 Å². The summed E-state index contributed by atoms with van der Waals surface area (Å²) in [6.07, 6.45) is 0. The first kappa shape index (κ1) is 19.0. The summed E-state index contributed by atoms with van der Waals surface area (Å²) in [4.78, 5) is 22.6. The van der Waals surface area contributed by atoms with E-state index in [0.717, 1.165) is 39.3 Å². The SMILES string of the molecule is CN1CCN(C(=O)N2CCN(C)CC2c2ccccc2)C(c2ccccc2)C1. The van der Waals surface area contributed by atoms with E-state index in [4.69, 9.17) is 0 Å². The molecule has 2 aliphatic rings. The minimum Gasteiger partial charge on any atom is -0.315 e. The van der Waals surface area contributed by atoms with Gasteiger partial charge in [0.25, 0.3) is 0 Å². The lowest BCUT2D eigenvalue weighted by Gasteiger charge is -2.46. The Morgan fingerprint density at radius 1 is 0.679 bits per heavy atom. The lowest BCUT2D eigenvalue weighted by molar-refractivity contribution is 0.0518. The van der Waals surface area contributed by atoms with Gasteiger partial charge in [-0.1, -0.05) is 60.7 Å². The van der Waals surface area contributed by atoms with Crippen LogP contribution in [0.15, 0.2) is 60.7 Å². The van der Waals surface area contributed by atoms with Crippen LogP contribution < -0.4 is 0 Å². The molecule has 0 bridgehead atoms. The molecule has 2 aromatic carbocycles. The lowest BCUT2D eigenvalue weighted by Crippen LogP contribution is -2.57. The third kappa shape index (κ3) is 3.91. The summed E-state index contributed by atoms with van der Waals surface area (Å²) >= 11 is 0. The van der Waals surface area contributed by atoms with E-state index in [1.54, 1.807) is 0 Å². The monoisotopic (exact) mass is 378 g/mol. The van der Waals surface area contributed by atoms with Crippen molar-refractivity contribution < 1.29 is 4.79 Å². The number of nitrogens with zero attached hydrogens (tertiary/aromatic N) is 4. The van der Waals surface area contributed by atoms with E-state index in [0.29, 0.717) is 0 Å². The number of carbonyl (C=O) groups is 1. The molecule has 2 aromatic rings. The fourth-order valence-electron chi connectivity index (χ4n) is 4.38. The molecule has 4 rings (SSSR count). The third-order valence-electron chi connectivity index (χ3n) is 6.03. The van der Waals surface area contributed by atoms with E-state index < -0.39 is 0 Å². The second kappa shape index (κ2) is 8.33. The van der Waals surface area contributed by atoms with Gasteiger partial charge >= 0.3 is 6.03 Å². The van der Waals surface area contributed by atoms with E-state index in [9.17, 15) is 4.79 Å². The minimum absolute atomic E-state index is 0.100. The van der Waals surface area contributed by atoms with Gasteiger partial charge < -0.3 is 19.6 Å². The Bertz CT molecular complexity index is 716. The molecule has 0 radical (unpaired) electrons. The molecule has 0 aromatic heterocycles. The van der Waals surface area contributed by atoms with Gasteiger partial charge in [0, 0.05) is 39.3 Å². The topological polar surface area (TPSA) is 30.0 Å². The van der Waals surface area contributed by atoms with Crippen LogP contribution in [0, 0.1) is 0 Å². The third-order valence-corrected chi connectivity index (χ3v) is 6.03. The van der Waals surface area contributed by atoms with Crippen molar-refractivity contribution in [2.75, 3.05) is 53.4 Å². The number of hydrogen-bond acceptors (Lipinski definition) is 3. The standard InChI is InChI=1S/C23H30N4O/c1-24-13-15-26(21(17-24)19-9-5-3-6-10-19)23(28)27-16-14-25(2)18-22(27)20-11-7-4-8-12-20/h3-12,21-22H,13-18H2,1-2H3. The largest absolute Gasteiger partial charge is 0.321 e. The van der Waals surface area contributed by atoms with E-state index in [1.807, 2.05) is 12.1 Å². The molecule has 5 nitrogen and oxygen atoms in total. The highest BCUT2D eigenvalue weighted by Gasteiger charge is 2.37. The highest BCUT2D eigenvalue weighted by atomic mass is 16.2. The summed E-state index contributed by atoms with van der Waals surface area (Å²) in [6, 6.07) is 21.3. The number of hydrogen-bond donors (Lipinski definition) is 0. The van der Waals surface area contributed by atoms with Crippen LogP contribution in [-0.4, -0.2) is 79.0 Å². The van der Waals surface area contributed by atoms with Gasteiger partial charge in [0.1, 0.15) is 0 Å². The molecule has 0 aliphatic carbocycles. The number of urea groups is 1. The zero-order chi connectivity index (χ0) is 19.5. The zero-order valence-electron chi connectivity index (χ0n) is 16.9. The average molecular weight is 379 g/mol. The summed E-state index contributed by atoms with van der Waals surface area (Å²) in [7, 11) is 4.28.